The first-order valence-electron chi connectivity index (χ1n) is 6.55. The second-order valence-electron chi connectivity index (χ2n) is 3.88. The molecular weight excluding hydrogens is 256 g/mol. The molecule has 0 fully saturated rings. The lowest BCUT2D eigenvalue weighted by Crippen LogP contribution is -2.22. The van der Waals surface area contributed by atoms with Crippen molar-refractivity contribution in [3.8, 4) is 0 Å². The van der Waals surface area contributed by atoms with Crippen LogP contribution in [0.2, 0.25) is 0 Å². The van der Waals surface area contributed by atoms with E-state index in [9.17, 15) is 4.79 Å². The number of carbonyl (C=O) groups is 1. The van der Waals surface area contributed by atoms with Crippen molar-refractivity contribution < 1.29 is 14.3 Å². The van der Waals surface area contributed by atoms with E-state index in [0.29, 0.717) is 13.2 Å². The molecule has 0 aromatic heterocycles. The van der Waals surface area contributed by atoms with E-state index in [1.54, 1.807) is 6.92 Å². The fourth-order valence-corrected chi connectivity index (χ4v) is 1.57. The Kier molecular flexibility index (Phi) is 6.89. The van der Waals surface area contributed by atoms with Gasteiger partial charge in [0.25, 0.3) is 0 Å². The number of benzene rings is 1. The van der Waals surface area contributed by atoms with Gasteiger partial charge in [0, 0.05) is 12.8 Å². The smallest absolute Gasteiger partial charge is 0.345 e. The van der Waals surface area contributed by atoms with E-state index in [2.05, 4.69) is 5.32 Å². The molecule has 0 unspecified atom stereocenters. The maximum absolute atomic E-state index is 11.8. The van der Waals surface area contributed by atoms with Gasteiger partial charge in [-0.2, -0.15) is 0 Å². The van der Waals surface area contributed by atoms with Crippen molar-refractivity contribution in [2.75, 3.05) is 13.2 Å². The second kappa shape index (κ2) is 8.74. The van der Waals surface area contributed by atoms with Crippen LogP contribution in [-0.2, 0) is 20.8 Å². The predicted octanol–water partition coefficient (Wildman–Crippen LogP) is 2.24. The molecule has 0 heterocycles. The van der Waals surface area contributed by atoms with Gasteiger partial charge in [0.1, 0.15) is 5.57 Å². The fraction of sp³-hybridized carbons (Fsp3) is 0.333. The van der Waals surface area contributed by atoms with Crippen LogP contribution < -0.4 is 5.32 Å². The summed E-state index contributed by atoms with van der Waals surface area (Å²) in [4.78, 5) is 11.8. The van der Waals surface area contributed by atoms with Crippen LogP contribution >= 0.6 is 0 Å². The summed E-state index contributed by atoms with van der Waals surface area (Å²) in [6, 6.07) is 9.73. The lowest BCUT2D eigenvalue weighted by Gasteiger charge is -2.14. The third-order valence-electron chi connectivity index (χ3n) is 2.47. The van der Waals surface area contributed by atoms with E-state index in [1.165, 1.54) is 0 Å². The Hall–Kier alpha value is -2.30. The summed E-state index contributed by atoms with van der Waals surface area (Å²) in [5.74, 6) is -0.295. The Morgan fingerprint density at radius 2 is 1.85 bits per heavy atom. The van der Waals surface area contributed by atoms with Crippen LogP contribution in [0.25, 0.3) is 0 Å². The minimum Gasteiger partial charge on any atom is -0.479 e. The highest BCUT2D eigenvalue weighted by Gasteiger charge is 2.15. The molecule has 1 rings (SSSR count). The maximum atomic E-state index is 11.8. The lowest BCUT2D eigenvalue weighted by atomic mass is 10.2. The standard InChI is InChI=1S/C15H20N2O3/c1-3-19-14(13(10-16)15(18)20-4-2)17-11-12-8-6-5-7-9-12/h5-10,16-17H,3-4,11H2,1-2H3/b14-13-,16-10?. The van der Waals surface area contributed by atoms with Crippen molar-refractivity contribution in [1.82, 2.24) is 5.32 Å². The quantitative estimate of drug-likeness (QED) is 0.330. The number of hydrogen-bond acceptors (Lipinski definition) is 5. The summed E-state index contributed by atoms with van der Waals surface area (Å²) in [7, 11) is 0. The van der Waals surface area contributed by atoms with Gasteiger partial charge in [-0.15, -0.1) is 0 Å². The zero-order valence-electron chi connectivity index (χ0n) is 11.8. The first-order chi connectivity index (χ1) is 9.72. The molecule has 0 radical (unpaired) electrons. The Labute approximate surface area is 119 Å². The molecule has 0 spiro atoms. The zero-order valence-corrected chi connectivity index (χ0v) is 11.8. The van der Waals surface area contributed by atoms with Gasteiger partial charge >= 0.3 is 5.97 Å². The molecule has 0 amide bonds. The highest BCUT2D eigenvalue weighted by atomic mass is 16.5. The van der Waals surface area contributed by atoms with E-state index in [0.717, 1.165) is 11.8 Å². The van der Waals surface area contributed by atoms with Crippen LogP contribution in [0.3, 0.4) is 0 Å². The van der Waals surface area contributed by atoms with Crippen molar-refractivity contribution >= 4 is 12.2 Å². The van der Waals surface area contributed by atoms with Crippen LogP contribution in [-0.4, -0.2) is 25.4 Å². The SMILES string of the molecule is CCOC(=O)/C(C=N)=C(/NCc1ccccc1)OCC. The van der Waals surface area contributed by atoms with Crippen molar-refractivity contribution in [1.29, 1.82) is 5.41 Å². The van der Waals surface area contributed by atoms with Gasteiger partial charge in [-0.05, 0) is 19.4 Å². The predicted molar refractivity (Wildman–Crippen MR) is 77.4 cm³/mol. The average Bonchev–Trinajstić information content (AvgIpc) is 2.47. The van der Waals surface area contributed by atoms with Gasteiger partial charge in [-0.1, -0.05) is 30.3 Å². The number of hydrogen-bond donors (Lipinski definition) is 2. The number of nitrogens with one attached hydrogen (secondary N) is 2. The minimum atomic E-state index is -0.563. The number of ether oxygens (including phenoxy) is 2. The Morgan fingerprint density at radius 1 is 1.20 bits per heavy atom. The van der Waals surface area contributed by atoms with E-state index in [4.69, 9.17) is 14.9 Å². The molecule has 20 heavy (non-hydrogen) atoms. The van der Waals surface area contributed by atoms with Gasteiger partial charge < -0.3 is 20.2 Å². The summed E-state index contributed by atoms with van der Waals surface area (Å²) < 4.78 is 10.3. The molecule has 0 bridgehead atoms. The number of esters is 1. The van der Waals surface area contributed by atoms with E-state index in [1.807, 2.05) is 37.3 Å². The zero-order chi connectivity index (χ0) is 14.8. The molecule has 0 atom stereocenters. The highest BCUT2D eigenvalue weighted by molar-refractivity contribution is 6.08. The molecule has 5 heteroatoms. The molecule has 0 saturated heterocycles. The topological polar surface area (TPSA) is 71.4 Å². The van der Waals surface area contributed by atoms with Crippen molar-refractivity contribution in [2.45, 2.75) is 20.4 Å². The van der Waals surface area contributed by atoms with Crippen LogP contribution in [0, 0.1) is 5.41 Å². The molecule has 1 aromatic carbocycles. The van der Waals surface area contributed by atoms with E-state index >= 15 is 0 Å². The number of rotatable bonds is 8. The Bertz CT molecular complexity index is 469. The van der Waals surface area contributed by atoms with Gasteiger partial charge in [-0.3, -0.25) is 0 Å². The molecule has 1 aromatic rings. The summed E-state index contributed by atoms with van der Waals surface area (Å²) in [5, 5.41) is 10.4. The van der Waals surface area contributed by atoms with Crippen LogP contribution in [0.15, 0.2) is 41.8 Å². The van der Waals surface area contributed by atoms with E-state index < -0.39 is 5.97 Å². The molecule has 108 valence electrons. The normalized spacial score (nSPS) is 11.3. The molecule has 0 aliphatic rings. The van der Waals surface area contributed by atoms with E-state index in [-0.39, 0.29) is 18.1 Å². The molecule has 0 aliphatic carbocycles. The minimum absolute atomic E-state index is 0.0876. The summed E-state index contributed by atoms with van der Waals surface area (Å²) >= 11 is 0. The monoisotopic (exact) mass is 276 g/mol. The Balaban J connectivity index is 2.84. The lowest BCUT2D eigenvalue weighted by molar-refractivity contribution is -0.138. The second-order valence-corrected chi connectivity index (χ2v) is 3.88. The third kappa shape index (κ3) is 4.76. The van der Waals surface area contributed by atoms with Crippen LogP contribution in [0.4, 0.5) is 0 Å². The fourth-order valence-electron chi connectivity index (χ4n) is 1.57. The summed E-state index contributed by atoms with van der Waals surface area (Å²) in [6.07, 6.45) is 0.945. The first-order valence-corrected chi connectivity index (χ1v) is 6.55. The highest BCUT2D eigenvalue weighted by Crippen LogP contribution is 2.06. The van der Waals surface area contributed by atoms with Crippen molar-refractivity contribution in [3.63, 3.8) is 0 Å². The van der Waals surface area contributed by atoms with Gasteiger partial charge in [0.15, 0.2) is 0 Å². The molecule has 0 saturated carbocycles. The van der Waals surface area contributed by atoms with Crippen molar-refractivity contribution in [2.24, 2.45) is 0 Å². The van der Waals surface area contributed by atoms with Gasteiger partial charge in [0.2, 0.25) is 5.88 Å². The van der Waals surface area contributed by atoms with Crippen LogP contribution in [0.5, 0.6) is 0 Å². The average molecular weight is 276 g/mol. The largest absolute Gasteiger partial charge is 0.479 e. The molecule has 0 aliphatic heterocycles. The summed E-state index contributed by atoms with van der Waals surface area (Å²) in [5.41, 5.74) is 1.14. The number of carbonyl (C=O) groups excluding carboxylic acids is 1. The molecule has 2 N–H and O–H groups in total. The van der Waals surface area contributed by atoms with Gasteiger partial charge in [-0.25, -0.2) is 4.79 Å². The Morgan fingerprint density at radius 3 is 2.40 bits per heavy atom. The summed E-state index contributed by atoms with van der Waals surface area (Å²) in [6.45, 7) is 4.70. The van der Waals surface area contributed by atoms with Gasteiger partial charge in [0.05, 0.1) is 13.2 Å². The first kappa shape index (κ1) is 15.8. The molecular formula is C15H20N2O3. The molecule has 5 nitrogen and oxygen atoms in total. The third-order valence-corrected chi connectivity index (χ3v) is 2.47. The van der Waals surface area contributed by atoms with Crippen LogP contribution in [0.1, 0.15) is 19.4 Å². The van der Waals surface area contributed by atoms with Crippen molar-refractivity contribution in [3.05, 3.63) is 47.4 Å². The maximum Gasteiger partial charge on any atom is 0.345 e.